The Kier molecular flexibility index (Phi) is 21.7. The smallest absolute Gasteiger partial charge is 0.133 e. The number of nitrogens with two attached hydrogens (primary N) is 1. The number of halogens is 1. The number of hydrogen-bond donors (Lipinski definition) is 2. The highest BCUT2D eigenvalue weighted by Crippen LogP contribution is 2.20. The van der Waals surface area contributed by atoms with Crippen LogP contribution < -0.4 is 11.1 Å². The molecule has 4 nitrogen and oxygen atoms in total. The number of benzene rings is 4. The molecular weight excluding hydrogens is 524 g/mol. The van der Waals surface area contributed by atoms with Crippen LogP contribution in [0.2, 0.25) is 0 Å². The third-order valence-corrected chi connectivity index (χ3v) is 5.47. The fourth-order valence-corrected chi connectivity index (χ4v) is 3.70. The zero-order valence-electron chi connectivity index (χ0n) is 26.2. The summed E-state index contributed by atoms with van der Waals surface area (Å²) in [6.07, 6.45) is 0. The summed E-state index contributed by atoms with van der Waals surface area (Å²) in [5, 5.41) is 4.00. The van der Waals surface area contributed by atoms with Crippen molar-refractivity contribution in [2.75, 3.05) is 11.1 Å². The summed E-state index contributed by atoms with van der Waals surface area (Å²) in [4.78, 5) is 8.59. The Labute approximate surface area is 254 Å². The van der Waals surface area contributed by atoms with Crippen LogP contribution in [0.4, 0.5) is 11.4 Å². The van der Waals surface area contributed by atoms with E-state index in [9.17, 15) is 0 Å². The van der Waals surface area contributed by atoms with E-state index in [1.807, 2.05) is 146 Å². The average Bonchev–Trinajstić information content (AvgIpc) is 3.66. The first kappa shape index (κ1) is 37.1. The van der Waals surface area contributed by atoms with E-state index in [4.69, 9.17) is 17.3 Å². The number of rotatable bonds is 1. The lowest BCUT2D eigenvalue weighted by molar-refractivity contribution is 1.11. The molecule has 0 saturated heterocycles. The van der Waals surface area contributed by atoms with E-state index in [2.05, 4.69) is 33.5 Å². The normalized spacial score (nSPS) is 10.8. The van der Waals surface area contributed by atoms with Gasteiger partial charge in [-0.2, -0.15) is 0 Å². The van der Waals surface area contributed by atoms with Gasteiger partial charge in [0.1, 0.15) is 11.0 Å². The van der Waals surface area contributed by atoms with Crippen molar-refractivity contribution in [2.45, 2.75) is 68.5 Å². The lowest BCUT2D eigenvalue weighted by Gasteiger charge is -2.06. The van der Waals surface area contributed by atoms with Gasteiger partial charge in [0.25, 0.3) is 0 Å². The molecule has 0 bridgehead atoms. The monoisotopic (exact) mass is 572 g/mol. The van der Waals surface area contributed by atoms with E-state index < -0.39 is 0 Å². The summed E-state index contributed by atoms with van der Waals surface area (Å²) in [5.74, 6) is 0.974. The standard InChI is InChI=1S/C14H12N2.C8H6ClN.C6H7N.4C2H6/c1-2-7-12(8-3-1)16-14-13-9-5-4-6-11(13)10-15-14;9-8-7-4-2-1-3-6(7)5-10-8;7-6-4-2-1-3-5-6;4*1-2/h1-9H,10H2,(H,15,16);1-4H,5H2;1-5H,7H2;4*1-2H3. The van der Waals surface area contributed by atoms with Gasteiger partial charge in [0.05, 0.1) is 13.1 Å². The van der Waals surface area contributed by atoms with Crippen molar-refractivity contribution in [3.8, 4) is 0 Å². The van der Waals surface area contributed by atoms with E-state index in [-0.39, 0.29) is 0 Å². The fraction of sp³-hybridized carbons (Fsp3) is 0.278. The second-order valence-corrected chi connectivity index (χ2v) is 7.85. The number of nitrogens with zero attached hydrogens (tertiary/aromatic N) is 2. The SMILES string of the molecule is CC.CC.CC.CC.ClC1=NCc2ccccc21.Nc1ccccc1.c1ccc(NC2=NCc3ccccc32)cc1. The largest absolute Gasteiger partial charge is 0.399 e. The number of amidine groups is 1. The van der Waals surface area contributed by atoms with Gasteiger partial charge in [0, 0.05) is 22.5 Å². The summed E-state index contributed by atoms with van der Waals surface area (Å²) in [6, 6.07) is 36.0. The maximum absolute atomic E-state index is 5.79. The highest BCUT2D eigenvalue weighted by molar-refractivity contribution is 6.70. The third kappa shape index (κ3) is 13.3. The van der Waals surface area contributed by atoms with E-state index in [0.29, 0.717) is 5.17 Å². The first-order valence-corrected chi connectivity index (χ1v) is 15.1. The van der Waals surface area contributed by atoms with Crippen LogP contribution in [0.25, 0.3) is 0 Å². The van der Waals surface area contributed by atoms with Crippen LogP contribution in [-0.4, -0.2) is 11.0 Å². The van der Waals surface area contributed by atoms with Crippen molar-refractivity contribution in [2.24, 2.45) is 9.98 Å². The van der Waals surface area contributed by atoms with Gasteiger partial charge in [0.2, 0.25) is 0 Å². The van der Waals surface area contributed by atoms with Crippen LogP contribution >= 0.6 is 11.6 Å². The summed E-state index contributed by atoms with van der Waals surface area (Å²) in [6.45, 7) is 17.5. The second-order valence-electron chi connectivity index (χ2n) is 7.49. The molecule has 4 aromatic rings. The van der Waals surface area contributed by atoms with Crippen LogP contribution in [0.3, 0.4) is 0 Å². The molecule has 5 heteroatoms. The molecule has 220 valence electrons. The van der Waals surface area contributed by atoms with Gasteiger partial charge in [-0.15, -0.1) is 0 Å². The molecule has 0 saturated carbocycles. The van der Waals surface area contributed by atoms with Crippen LogP contribution in [-0.2, 0) is 13.1 Å². The maximum atomic E-state index is 5.79. The molecule has 0 aliphatic carbocycles. The first-order valence-electron chi connectivity index (χ1n) is 14.7. The average molecular weight is 573 g/mol. The van der Waals surface area contributed by atoms with Crippen LogP contribution in [0.15, 0.2) is 119 Å². The number of hydrogen-bond acceptors (Lipinski definition) is 4. The molecule has 6 rings (SSSR count). The van der Waals surface area contributed by atoms with Gasteiger partial charge in [-0.1, -0.05) is 152 Å². The van der Waals surface area contributed by atoms with Crippen molar-refractivity contribution in [3.63, 3.8) is 0 Å². The molecule has 41 heavy (non-hydrogen) atoms. The molecule has 0 unspecified atom stereocenters. The van der Waals surface area contributed by atoms with Crippen molar-refractivity contribution in [1.82, 2.24) is 0 Å². The predicted octanol–water partition coefficient (Wildman–Crippen LogP) is 10.6. The van der Waals surface area contributed by atoms with Gasteiger partial charge < -0.3 is 11.1 Å². The quantitative estimate of drug-likeness (QED) is 0.223. The minimum atomic E-state index is 0.649. The molecule has 0 radical (unpaired) electrons. The fourth-order valence-electron chi connectivity index (χ4n) is 3.46. The minimum Gasteiger partial charge on any atom is -0.399 e. The van der Waals surface area contributed by atoms with Crippen molar-refractivity contribution in [1.29, 1.82) is 0 Å². The van der Waals surface area contributed by atoms with E-state index in [1.54, 1.807) is 0 Å². The van der Waals surface area contributed by atoms with Gasteiger partial charge >= 0.3 is 0 Å². The molecule has 2 aliphatic heterocycles. The molecule has 0 fully saturated rings. The number of nitrogen functional groups attached to an aromatic ring is 1. The van der Waals surface area contributed by atoms with Crippen LogP contribution in [0.5, 0.6) is 0 Å². The van der Waals surface area contributed by atoms with Crippen LogP contribution in [0, 0.1) is 0 Å². The molecule has 0 aromatic heterocycles. The minimum absolute atomic E-state index is 0.649. The topological polar surface area (TPSA) is 62.8 Å². The summed E-state index contributed by atoms with van der Waals surface area (Å²) < 4.78 is 0. The predicted molar refractivity (Wildman–Crippen MR) is 186 cm³/mol. The molecule has 2 aliphatic rings. The zero-order chi connectivity index (χ0) is 30.9. The second kappa shape index (κ2) is 24.0. The number of anilines is 2. The lowest BCUT2D eigenvalue weighted by atomic mass is 10.1. The van der Waals surface area contributed by atoms with Gasteiger partial charge in [0.15, 0.2) is 0 Å². The van der Waals surface area contributed by atoms with Crippen molar-refractivity contribution in [3.05, 3.63) is 131 Å². The van der Waals surface area contributed by atoms with E-state index >= 15 is 0 Å². The Bertz CT molecular complexity index is 1250. The zero-order valence-corrected chi connectivity index (χ0v) is 26.9. The number of fused-ring (bicyclic) bond motifs is 2. The Morgan fingerprint density at radius 3 is 1.44 bits per heavy atom. The van der Waals surface area contributed by atoms with Crippen molar-refractivity contribution >= 4 is 34.0 Å². The van der Waals surface area contributed by atoms with Gasteiger partial charge in [-0.3, -0.25) is 9.98 Å². The maximum Gasteiger partial charge on any atom is 0.133 e. The number of para-hydroxylation sites is 2. The molecule has 4 aromatic carbocycles. The molecular formula is C36H49ClN4. The van der Waals surface area contributed by atoms with E-state index in [1.165, 1.54) is 16.7 Å². The molecule has 2 heterocycles. The summed E-state index contributed by atoms with van der Waals surface area (Å²) in [5.41, 5.74) is 12.1. The highest BCUT2D eigenvalue weighted by atomic mass is 35.5. The Morgan fingerprint density at radius 1 is 0.537 bits per heavy atom. The van der Waals surface area contributed by atoms with Crippen molar-refractivity contribution < 1.29 is 0 Å². The summed E-state index contributed by atoms with van der Waals surface area (Å²) >= 11 is 5.79. The van der Waals surface area contributed by atoms with Gasteiger partial charge in [-0.25, -0.2) is 0 Å². The van der Waals surface area contributed by atoms with Gasteiger partial charge in [-0.05, 0) is 35.4 Å². The molecule has 0 atom stereocenters. The third-order valence-electron chi connectivity index (χ3n) is 5.14. The molecule has 3 N–H and O–H groups in total. The van der Waals surface area contributed by atoms with Crippen LogP contribution in [0.1, 0.15) is 77.6 Å². The highest BCUT2D eigenvalue weighted by Gasteiger charge is 2.14. The number of aliphatic imine (C=N–C) groups is 2. The number of nitrogens with one attached hydrogen (secondary N) is 1. The molecule has 0 spiro atoms. The Morgan fingerprint density at radius 2 is 0.951 bits per heavy atom. The Hall–Kier alpha value is -3.89. The molecule has 0 amide bonds. The lowest BCUT2D eigenvalue weighted by Crippen LogP contribution is -2.11. The van der Waals surface area contributed by atoms with E-state index in [0.717, 1.165) is 35.9 Å². The first-order chi connectivity index (χ1) is 20.2. The summed E-state index contributed by atoms with van der Waals surface area (Å²) in [7, 11) is 0. The Balaban J connectivity index is 0.000000553.